The van der Waals surface area contributed by atoms with Gasteiger partial charge in [0.05, 0.1) is 30.4 Å². The molecule has 5 heteroatoms. The maximum Gasteiger partial charge on any atom is 0.223 e. The first-order chi connectivity index (χ1) is 14.0. The van der Waals surface area contributed by atoms with E-state index in [1.807, 2.05) is 26.4 Å². The van der Waals surface area contributed by atoms with Gasteiger partial charge < -0.3 is 15.4 Å². The van der Waals surface area contributed by atoms with Gasteiger partial charge in [0, 0.05) is 11.0 Å². The Morgan fingerprint density at radius 3 is 2.66 bits per heavy atom. The van der Waals surface area contributed by atoms with Crippen LogP contribution in [0.2, 0.25) is 0 Å². The Labute approximate surface area is 173 Å². The Balaban J connectivity index is 0.000000994. The number of carbonyl (C=O) groups excluding carboxylic acids is 1. The van der Waals surface area contributed by atoms with Crippen molar-refractivity contribution in [2.75, 3.05) is 0 Å². The van der Waals surface area contributed by atoms with E-state index in [0.29, 0.717) is 6.42 Å². The van der Waals surface area contributed by atoms with E-state index in [2.05, 4.69) is 33.8 Å². The number of primary amides is 1. The number of imidazole rings is 1. The number of hydrogen-bond acceptors (Lipinski definition) is 3. The molecule has 1 amide bonds. The molecule has 3 aliphatic carbocycles. The maximum absolute atomic E-state index is 12.0. The number of aromatic nitrogens is 2. The number of aliphatic hydroxyl groups excluding tert-OH is 1. The van der Waals surface area contributed by atoms with Gasteiger partial charge >= 0.3 is 0 Å². The molecule has 0 saturated heterocycles. The van der Waals surface area contributed by atoms with Gasteiger partial charge in [0.2, 0.25) is 5.91 Å². The van der Waals surface area contributed by atoms with Crippen LogP contribution < -0.4 is 5.73 Å². The predicted octanol–water partition coefficient (Wildman–Crippen LogP) is 4.45. The largest absolute Gasteiger partial charge is 0.392 e. The summed E-state index contributed by atoms with van der Waals surface area (Å²) in [5.74, 6) is -0.139. The molecule has 5 nitrogen and oxygen atoms in total. The second-order valence-electron chi connectivity index (χ2n) is 8.90. The number of carbonyl (C=O) groups is 1. The molecule has 3 fully saturated rings. The van der Waals surface area contributed by atoms with Crippen LogP contribution in [0.3, 0.4) is 0 Å². The van der Waals surface area contributed by atoms with Gasteiger partial charge in [-0.25, -0.2) is 4.98 Å². The molecule has 2 aromatic rings. The summed E-state index contributed by atoms with van der Waals surface area (Å²) in [5, 5.41) is 11.4. The molecular formula is C24H33N3O2. The molecule has 0 radical (unpaired) electrons. The highest BCUT2D eigenvalue weighted by Gasteiger charge is 2.51. The zero-order chi connectivity index (χ0) is 20.6. The lowest BCUT2D eigenvalue weighted by atomic mass is 9.62. The van der Waals surface area contributed by atoms with Crippen LogP contribution in [0.5, 0.6) is 0 Å². The monoisotopic (exact) mass is 395 g/mol. The topological polar surface area (TPSA) is 81.1 Å². The minimum absolute atomic E-state index is 0.0757. The van der Waals surface area contributed by atoms with Crippen molar-refractivity contribution in [1.82, 2.24) is 9.55 Å². The molecule has 29 heavy (non-hydrogen) atoms. The molecule has 2 bridgehead atoms. The van der Waals surface area contributed by atoms with Gasteiger partial charge in [0.25, 0.3) is 0 Å². The summed E-state index contributed by atoms with van der Waals surface area (Å²) in [6.45, 7) is 4.00. The average Bonchev–Trinajstić information content (AvgIpc) is 3.20. The molecule has 3 saturated carbocycles. The highest BCUT2D eigenvalue weighted by Crippen LogP contribution is 2.57. The number of nitrogens with zero attached hydrogens (tertiary/aromatic N) is 2. The van der Waals surface area contributed by atoms with Gasteiger partial charge in [-0.1, -0.05) is 44.5 Å². The first-order valence-electron chi connectivity index (χ1n) is 11.1. The van der Waals surface area contributed by atoms with Crippen LogP contribution in [-0.2, 0) is 4.79 Å². The highest BCUT2D eigenvalue weighted by molar-refractivity contribution is 5.81. The molecule has 3 N–H and O–H groups in total. The number of nitrogens with two attached hydrogens (primary N) is 1. The smallest absolute Gasteiger partial charge is 0.223 e. The van der Waals surface area contributed by atoms with Gasteiger partial charge in [-0.05, 0) is 55.9 Å². The molecule has 156 valence electrons. The lowest BCUT2D eigenvalue weighted by Gasteiger charge is -2.44. The third kappa shape index (κ3) is 3.10. The lowest BCUT2D eigenvalue weighted by molar-refractivity contribution is -0.132. The number of amides is 1. The standard InChI is InChI=1S/C22H27N3O2.C2H6/c23-20(27)22-7-3-6-21(8-10-22,9-11-22)19(26)12-17-15-4-1-2-5-16(15)18-13-24-14-25(17)18;1-2/h1-2,4-5,13-14,17,19,26H,3,6-12H2,(H2,23,27);1-2H3. The molecule has 2 heterocycles. The fraction of sp³-hybridized carbons (Fsp3) is 0.583. The Morgan fingerprint density at radius 1 is 1.21 bits per heavy atom. The van der Waals surface area contributed by atoms with Crippen LogP contribution in [0.1, 0.15) is 76.8 Å². The molecule has 1 aromatic heterocycles. The van der Waals surface area contributed by atoms with Crippen molar-refractivity contribution >= 4 is 5.91 Å². The second kappa shape index (κ2) is 7.60. The minimum atomic E-state index is -0.382. The SMILES string of the molecule is CC.NC(=O)C12CCCC(C(O)CC3c4ccccc4-c4cncn43)(CC1)CC2. The zero-order valence-electron chi connectivity index (χ0n) is 17.6. The van der Waals surface area contributed by atoms with Crippen molar-refractivity contribution in [3.05, 3.63) is 42.4 Å². The number of benzene rings is 1. The van der Waals surface area contributed by atoms with Crippen LogP contribution in [-0.4, -0.2) is 26.7 Å². The normalized spacial score (nSPS) is 30.5. The van der Waals surface area contributed by atoms with Gasteiger partial charge in [0.1, 0.15) is 0 Å². The van der Waals surface area contributed by atoms with E-state index >= 15 is 0 Å². The van der Waals surface area contributed by atoms with Crippen LogP contribution >= 0.6 is 0 Å². The molecule has 0 spiro atoms. The van der Waals surface area contributed by atoms with Crippen LogP contribution in [0.4, 0.5) is 0 Å². The summed E-state index contributed by atoms with van der Waals surface area (Å²) in [6, 6.07) is 8.58. The van der Waals surface area contributed by atoms with E-state index in [1.54, 1.807) is 0 Å². The number of fused-ring (bicyclic) bond motifs is 7. The number of hydrogen-bond donors (Lipinski definition) is 2. The summed E-state index contributed by atoms with van der Waals surface area (Å²) >= 11 is 0. The number of rotatable bonds is 4. The molecule has 6 rings (SSSR count). The van der Waals surface area contributed by atoms with Crippen LogP contribution in [0, 0.1) is 10.8 Å². The number of aliphatic hydroxyl groups is 1. The molecule has 1 aliphatic heterocycles. The van der Waals surface area contributed by atoms with Gasteiger partial charge in [-0.2, -0.15) is 0 Å². The van der Waals surface area contributed by atoms with Crippen molar-refractivity contribution in [3.63, 3.8) is 0 Å². The van der Waals surface area contributed by atoms with Crippen molar-refractivity contribution in [2.45, 2.75) is 77.4 Å². The first kappa shape index (κ1) is 20.1. The fourth-order valence-corrected chi connectivity index (χ4v) is 6.01. The van der Waals surface area contributed by atoms with E-state index in [4.69, 9.17) is 5.73 Å². The van der Waals surface area contributed by atoms with Gasteiger partial charge in [0.15, 0.2) is 0 Å². The summed E-state index contributed by atoms with van der Waals surface area (Å²) in [7, 11) is 0. The average molecular weight is 396 g/mol. The fourth-order valence-electron chi connectivity index (χ4n) is 6.01. The van der Waals surface area contributed by atoms with Crippen molar-refractivity contribution < 1.29 is 9.90 Å². The van der Waals surface area contributed by atoms with E-state index in [-0.39, 0.29) is 28.9 Å². The van der Waals surface area contributed by atoms with E-state index in [1.165, 1.54) is 11.1 Å². The quantitative estimate of drug-likeness (QED) is 0.803. The highest BCUT2D eigenvalue weighted by atomic mass is 16.3. The van der Waals surface area contributed by atoms with Gasteiger partial charge in [-0.3, -0.25) is 4.79 Å². The molecule has 2 atom stereocenters. The molecule has 4 aliphatic rings. The Bertz CT molecular complexity index is 880. The van der Waals surface area contributed by atoms with Crippen LogP contribution in [0.25, 0.3) is 11.3 Å². The Kier molecular flexibility index (Phi) is 5.28. The van der Waals surface area contributed by atoms with Crippen LogP contribution in [0.15, 0.2) is 36.8 Å². The van der Waals surface area contributed by atoms with Crippen molar-refractivity contribution in [3.8, 4) is 11.3 Å². The molecular weight excluding hydrogens is 362 g/mol. The Morgan fingerprint density at radius 2 is 1.93 bits per heavy atom. The van der Waals surface area contributed by atoms with Crippen molar-refractivity contribution in [1.29, 1.82) is 0 Å². The summed E-state index contributed by atoms with van der Waals surface area (Å²) in [5.41, 5.74) is 8.98. The molecule has 2 unspecified atom stereocenters. The third-order valence-corrected chi connectivity index (χ3v) is 7.81. The van der Waals surface area contributed by atoms with Gasteiger partial charge in [-0.15, -0.1) is 0 Å². The van der Waals surface area contributed by atoms with E-state index in [0.717, 1.165) is 50.6 Å². The van der Waals surface area contributed by atoms with E-state index < -0.39 is 0 Å². The maximum atomic E-state index is 12.0. The minimum Gasteiger partial charge on any atom is -0.392 e. The zero-order valence-corrected chi connectivity index (χ0v) is 17.6. The Hall–Kier alpha value is -2.14. The predicted molar refractivity (Wildman–Crippen MR) is 114 cm³/mol. The van der Waals surface area contributed by atoms with E-state index in [9.17, 15) is 9.90 Å². The third-order valence-electron chi connectivity index (χ3n) is 7.81. The second-order valence-corrected chi connectivity index (χ2v) is 8.90. The summed E-state index contributed by atoms with van der Waals surface area (Å²) < 4.78 is 2.21. The first-order valence-corrected chi connectivity index (χ1v) is 11.1. The lowest BCUT2D eigenvalue weighted by Crippen LogP contribution is -2.44. The molecule has 1 aromatic carbocycles. The summed E-state index contributed by atoms with van der Waals surface area (Å²) in [4.78, 5) is 16.4. The summed E-state index contributed by atoms with van der Waals surface area (Å²) in [6.07, 6.45) is 10.4. The van der Waals surface area contributed by atoms with Crippen molar-refractivity contribution in [2.24, 2.45) is 16.6 Å².